The van der Waals surface area contributed by atoms with E-state index in [-0.39, 0.29) is 68.1 Å². The summed E-state index contributed by atoms with van der Waals surface area (Å²) in [6, 6.07) is 4.46. The van der Waals surface area contributed by atoms with E-state index in [0.29, 0.717) is 23.7 Å². The molecule has 2 aliphatic heterocycles. The minimum Gasteiger partial charge on any atom is -0.459 e. The van der Waals surface area contributed by atoms with E-state index < -0.39 is 67.4 Å². The number of esters is 1. The van der Waals surface area contributed by atoms with Crippen molar-refractivity contribution < 1.29 is 37.1 Å². The summed E-state index contributed by atoms with van der Waals surface area (Å²) in [4.78, 5) is 77.3. The summed E-state index contributed by atoms with van der Waals surface area (Å²) in [5, 5.41) is 0.442. The highest BCUT2D eigenvalue weighted by Crippen LogP contribution is 2.57. The zero-order valence-corrected chi connectivity index (χ0v) is 34.0. The van der Waals surface area contributed by atoms with Gasteiger partial charge in [0.05, 0.1) is 46.0 Å². The number of nitrogens with zero attached hydrogens (tertiary/aromatic N) is 3. The van der Waals surface area contributed by atoms with Gasteiger partial charge in [0.15, 0.2) is 5.78 Å². The summed E-state index contributed by atoms with van der Waals surface area (Å²) in [7, 11) is -3.97. The summed E-state index contributed by atoms with van der Waals surface area (Å²) < 4.78 is 41.6. The molecule has 4 saturated carbocycles. The minimum absolute atomic E-state index is 0.0122. The molecule has 1 aromatic heterocycles. The number of amides is 2. The molecule has 1 saturated heterocycles. The molecule has 0 spiro atoms. The van der Waals surface area contributed by atoms with Gasteiger partial charge < -0.3 is 14.4 Å². The summed E-state index contributed by atoms with van der Waals surface area (Å²) in [5.41, 5.74) is -0.826. The van der Waals surface area contributed by atoms with Crippen molar-refractivity contribution in [3.63, 3.8) is 0 Å². The molecule has 0 unspecified atom stereocenters. The number of aryl methyl sites for hydroxylation is 1. The van der Waals surface area contributed by atoms with Gasteiger partial charge in [-0.2, -0.15) is 4.98 Å². The average Bonchev–Trinajstić information content (AvgIpc) is 4.07. The molecule has 57 heavy (non-hydrogen) atoms. The van der Waals surface area contributed by atoms with Crippen LogP contribution in [0.2, 0.25) is 0 Å². The molecule has 8 rings (SSSR count). The maximum absolute atomic E-state index is 14.9. The first kappa shape index (κ1) is 39.5. The molecule has 4 aliphatic carbocycles. The predicted octanol–water partition coefficient (Wildman–Crippen LogP) is 5.07. The number of carbonyl (C=O) groups excluding carboxylic acids is 4. The van der Waals surface area contributed by atoms with Gasteiger partial charge in [-0.05, 0) is 102 Å². The fourth-order valence-corrected chi connectivity index (χ4v) is 11.0. The fourth-order valence-electron chi connectivity index (χ4n) is 9.62. The lowest BCUT2D eigenvalue weighted by Crippen LogP contribution is -2.48. The highest BCUT2D eigenvalue weighted by atomic mass is 32.2. The monoisotopic (exact) mass is 802 g/mol. The summed E-state index contributed by atoms with van der Waals surface area (Å²) in [5.74, 6) is -2.96. The van der Waals surface area contributed by atoms with Gasteiger partial charge in [0.25, 0.3) is 11.6 Å². The second-order valence-electron chi connectivity index (χ2n) is 18.1. The number of Topliss-reactive ketones (excluding diaryl/α,β-unsaturated/α-hetero) is 1. The number of benzene rings is 1. The smallest absolute Gasteiger partial charge is 0.307 e. The highest BCUT2D eigenvalue weighted by molar-refractivity contribution is 7.91. The quantitative estimate of drug-likeness (QED) is 0.281. The van der Waals surface area contributed by atoms with Crippen LogP contribution < -0.4 is 15.0 Å². The van der Waals surface area contributed by atoms with E-state index in [2.05, 4.69) is 11.3 Å². The molecule has 2 amide bonds. The first-order valence-electron chi connectivity index (χ1n) is 20.6. The number of hydrogen-bond donors (Lipinski definition) is 1. The topological polar surface area (TPSA) is 171 Å². The van der Waals surface area contributed by atoms with Crippen molar-refractivity contribution in [2.75, 3.05) is 6.54 Å². The van der Waals surface area contributed by atoms with Crippen LogP contribution in [-0.4, -0.2) is 75.5 Å². The van der Waals surface area contributed by atoms with Crippen molar-refractivity contribution in [1.29, 1.82) is 0 Å². The number of fused-ring (bicyclic) bond motifs is 5. The van der Waals surface area contributed by atoms with Crippen molar-refractivity contribution in [1.82, 2.24) is 19.2 Å². The van der Waals surface area contributed by atoms with E-state index in [4.69, 9.17) is 14.5 Å². The zero-order chi connectivity index (χ0) is 40.5. The Bertz CT molecular complexity index is 2220. The normalized spacial score (nSPS) is 33.2. The van der Waals surface area contributed by atoms with Crippen LogP contribution in [0.3, 0.4) is 0 Å². The molecule has 1 N–H and O–H groups in total. The molecule has 14 heteroatoms. The summed E-state index contributed by atoms with van der Waals surface area (Å²) in [6.07, 6.45) is 11.1. The van der Waals surface area contributed by atoms with Crippen LogP contribution in [0, 0.1) is 36.0 Å². The molecule has 0 radical (unpaired) electrons. The molecule has 6 aliphatic rings. The second kappa shape index (κ2) is 14.5. The predicted molar refractivity (Wildman–Crippen MR) is 211 cm³/mol. The van der Waals surface area contributed by atoms with E-state index in [0.717, 1.165) is 50.5 Å². The molecular formula is C43H54N4O9S. The van der Waals surface area contributed by atoms with Crippen LogP contribution in [0.1, 0.15) is 103 Å². The molecule has 1 aromatic carbocycles. The van der Waals surface area contributed by atoms with Gasteiger partial charge in [-0.15, -0.1) is 6.58 Å². The molecule has 2 bridgehead atoms. The van der Waals surface area contributed by atoms with Crippen molar-refractivity contribution in [3.8, 4) is 6.01 Å². The Morgan fingerprint density at radius 2 is 1.82 bits per heavy atom. The Kier molecular flexibility index (Phi) is 10.0. The number of carbonyl (C=O) groups is 4. The Morgan fingerprint density at radius 3 is 2.53 bits per heavy atom. The van der Waals surface area contributed by atoms with Crippen LogP contribution in [-0.2, 0) is 40.5 Å². The first-order valence-corrected chi connectivity index (χ1v) is 22.1. The van der Waals surface area contributed by atoms with Crippen LogP contribution in [0.25, 0.3) is 10.9 Å². The number of nitrogens with one attached hydrogen (secondary N) is 1. The third kappa shape index (κ3) is 7.47. The Hall–Kier alpha value is -4.33. The molecule has 3 heterocycles. The average molecular weight is 803 g/mol. The van der Waals surface area contributed by atoms with Crippen molar-refractivity contribution in [2.24, 2.45) is 29.1 Å². The van der Waals surface area contributed by atoms with Crippen LogP contribution >= 0.6 is 0 Å². The van der Waals surface area contributed by atoms with E-state index >= 15 is 0 Å². The number of rotatable bonds is 8. The minimum atomic E-state index is -3.97. The van der Waals surface area contributed by atoms with E-state index in [9.17, 15) is 32.4 Å². The Morgan fingerprint density at radius 1 is 1.07 bits per heavy atom. The Balaban J connectivity index is 1.15. The van der Waals surface area contributed by atoms with Gasteiger partial charge in [0, 0.05) is 25.3 Å². The van der Waals surface area contributed by atoms with Crippen molar-refractivity contribution in [2.45, 2.75) is 133 Å². The SMILES string of the molecule is C=C[C@@H]1C[C@]1(CC(=O)[C@@H]1C[C@@H]2CN1C(=O)[C@H](C1CCCC1)CC(=O)O[C@]1(C)C[C@H]1CC/C=C/Cn1c(nc3cc(C)ccc3c1=O)O2)C(=O)NS(=O)(=O)C1(C)CC1. The van der Waals surface area contributed by atoms with Crippen LogP contribution in [0.4, 0.5) is 0 Å². The van der Waals surface area contributed by atoms with Crippen LogP contribution in [0.5, 0.6) is 6.01 Å². The lowest BCUT2D eigenvalue weighted by atomic mass is 9.86. The molecule has 306 valence electrons. The number of ketones is 1. The van der Waals surface area contributed by atoms with Crippen molar-refractivity contribution in [3.05, 3.63) is 58.9 Å². The third-order valence-electron chi connectivity index (χ3n) is 14.0. The van der Waals surface area contributed by atoms with E-state index in [1.807, 2.05) is 38.1 Å². The third-order valence-corrected chi connectivity index (χ3v) is 16.1. The number of allylic oxidation sites excluding steroid dienone is 3. The van der Waals surface area contributed by atoms with E-state index in [1.165, 1.54) is 9.47 Å². The number of sulfonamides is 1. The summed E-state index contributed by atoms with van der Waals surface area (Å²) >= 11 is 0. The molecule has 2 aromatic rings. The van der Waals surface area contributed by atoms with Gasteiger partial charge >= 0.3 is 5.97 Å². The van der Waals surface area contributed by atoms with Gasteiger partial charge in [0.2, 0.25) is 21.8 Å². The molecule has 13 nitrogen and oxygen atoms in total. The maximum atomic E-state index is 14.9. The second-order valence-corrected chi connectivity index (χ2v) is 20.3. The van der Waals surface area contributed by atoms with Gasteiger partial charge in [-0.1, -0.05) is 37.1 Å². The lowest BCUT2D eigenvalue weighted by Gasteiger charge is -2.31. The standard InChI is InChI=1S/C43H54N4O9S/c1-5-28-23-43(28,39(52)45-57(53,54)41(3)16-17-41)24-35(48)34-20-30-25-47(34)38(51)32(27-11-8-9-12-27)21-36(49)56-42(4)22-29(42)13-7-6-10-18-46-37(50)31-15-14-26(2)19-33(31)44-40(46)55-30/h5-6,10,14-15,19,27-30,32,34H,1,7-9,11-13,16-18,20-25H2,2-4H3,(H,45,52)/b10-6+/t28-,29-,30-,32+,34+,42-,43-/m1/s1. The molecule has 5 fully saturated rings. The zero-order valence-electron chi connectivity index (χ0n) is 33.2. The fraction of sp³-hybridized carbons (Fsp3) is 0.628. The summed E-state index contributed by atoms with van der Waals surface area (Å²) in [6.45, 7) is 9.47. The highest BCUT2D eigenvalue weighted by Gasteiger charge is 2.63. The lowest BCUT2D eigenvalue weighted by molar-refractivity contribution is -0.157. The molecular weight excluding hydrogens is 749 g/mol. The Labute approximate surface area is 333 Å². The van der Waals surface area contributed by atoms with Gasteiger partial charge in [0.1, 0.15) is 11.7 Å². The van der Waals surface area contributed by atoms with E-state index in [1.54, 1.807) is 19.1 Å². The van der Waals surface area contributed by atoms with Gasteiger partial charge in [-0.3, -0.25) is 33.3 Å². The van der Waals surface area contributed by atoms with Crippen LogP contribution in [0.15, 0.2) is 47.8 Å². The molecule has 7 atom stereocenters. The number of hydrogen-bond acceptors (Lipinski definition) is 10. The number of ether oxygens (including phenoxy) is 2. The largest absolute Gasteiger partial charge is 0.459 e. The first-order chi connectivity index (χ1) is 27.1. The number of aromatic nitrogens is 2. The van der Waals surface area contributed by atoms with Gasteiger partial charge in [-0.25, -0.2) is 8.42 Å². The van der Waals surface area contributed by atoms with Crippen molar-refractivity contribution >= 4 is 44.5 Å². The maximum Gasteiger partial charge on any atom is 0.307 e.